The van der Waals surface area contributed by atoms with Gasteiger partial charge in [0.15, 0.2) is 11.8 Å². The summed E-state index contributed by atoms with van der Waals surface area (Å²) in [4.78, 5) is 33.5. The SMILES string of the molecule is C[NH+](C)[C@H](CNC(=O)c1cc([N+](=O)[O-])cc([N+](=O)[O-])c1)c1ccco1. The van der Waals surface area contributed by atoms with Gasteiger partial charge < -0.3 is 14.6 Å². The minimum Gasteiger partial charge on any atom is -0.463 e. The zero-order chi connectivity index (χ0) is 18.6. The predicted octanol–water partition coefficient (Wildman–Crippen LogP) is 0.712. The quantitative estimate of drug-likeness (QED) is 0.559. The molecule has 25 heavy (non-hydrogen) atoms. The number of quaternary nitrogens is 1. The smallest absolute Gasteiger partial charge is 0.277 e. The van der Waals surface area contributed by atoms with Crippen LogP contribution in [0.3, 0.4) is 0 Å². The molecule has 2 rings (SSSR count). The van der Waals surface area contributed by atoms with Crippen molar-refractivity contribution in [2.45, 2.75) is 6.04 Å². The molecule has 10 nitrogen and oxygen atoms in total. The summed E-state index contributed by atoms with van der Waals surface area (Å²) in [6, 6.07) is 6.16. The van der Waals surface area contributed by atoms with E-state index in [0.29, 0.717) is 5.76 Å². The fourth-order valence-electron chi connectivity index (χ4n) is 2.31. The van der Waals surface area contributed by atoms with Crippen molar-refractivity contribution in [3.05, 3.63) is 68.1 Å². The molecule has 0 aliphatic rings. The van der Waals surface area contributed by atoms with Gasteiger partial charge in [-0.2, -0.15) is 0 Å². The first-order valence-corrected chi connectivity index (χ1v) is 7.35. The Bertz CT molecular complexity index is 755. The highest BCUT2D eigenvalue weighted by molar-refractivity contribution is 5.95. The Morgan fingerprint density at radius 2 is 1.80 bits per heavy atom. The summed E-state index contributed by atoms with van der Waals surface area (Å²) in [5.74, 6) is 0.0370. The number of rotatable bonds is 7. The number of hydrogen-bond acceptors (Lipinski definition) is 6. The lowest BCUT2D eigenvalue weighted by Crippen LogP contribution is -3.07. The molecule has 0 spiro atoms. The maximum absolute atomic E-state index is 12.3. The van der Waals surface area contributed by atoms with Gasteiger partial charge >= 0.3 is 0 Å². The van der Waals surface area contributed by atoms with Crippen LogP contribution in [0.2, 0.25) is 0 Å². The van der Waals surface area contributed by atoms with Crippen LogP contribution in [0.5, 0.6) is 0 Å². The van der Waals surface area contributed by atoms with Crippen LogP contribution in [0, 0.1) is 20.2 Å². The van der Waals surface area contributed by atoms with Crippen LogP contribution >= 0.6 is 0 Å². The van der Waals surface area contributed by atoms with Crippen molar-refractivity contribution in [2.75, 3.05) is 20.6 Å². The maximum atomic E-state index is 12.3. The van der Waals surface area contributed by atoms with Crippen LogP contribution in [-0.4, -0.2) is 36.4 Å². The van der Waals surface area contributed by atoms with Crippen LogP contribution in [0.1, 0.15) is 22.2 Å². The van der Waals surface area contributed by atoms with Gasteiger partial charge in [-0.15, -0.1) is 0 Å². The largest absolute Gasteiger partial charge is 0.463 e. The number of nitrogens with zero attached hydrogens (tertiary/aromatic N) is 2. The molecule has 0 saturated carbocycles. The Hall–Kier alpha value is -3.27. The predicted molar refractivity (Wildman–Crippen MR) is 86.3 cm³/mol. The normalized spacial score (nSPS) is 12.0. The number of non-ortho nitro benzene ring substituents is 2. The first-order chi connectivity index (χ1) is 11.8. The molecule has 0 bridgehead atoms. The summed E-state index contributed by atoms with van der Waals surface area (Å²) in [5.41, 5.74) is -1.17. The van der Waals surface area contributed by atoms with Gasteiger partial charge in [-0.3, -0.25) is 25.0 Å². The standard InChI is InChI=1S/C15H16N4O6/c1-17(2)13(14-4-3-5-25-14)9-16-15(20)10-6-11(18(21)22)8-12(7-10)19(23)24/h3-8,13H,9H2,1-2H3,(H,16,20)/p+1/t13-/m1/s1. The number of hydrogen-bond donors (Lipinski definition) is 2. The van der Waals surface area contributed by atoms with Crippen molar-refractivity contribution in [2.24, 2.45) is 0 Å². The highest BCUT2D eigenvalue weighted by atomic mass is 16.6. The molecular weight excluding hydrogens is 332 g/mol. The molecule has 10 heteroatoms. The average molecular weight is 349 g/mol. The van der Waals surface area contributed by atoms with Crippen LogP contribution in [0.25, 0.3) is 0 Å². The summed E-state index contributed by atoms with van der Waals surface area (Å²) in [6.07, 6.45) is 1.52. The zero-order valence-electron chi connectivity index (χ0n) is 13.6. The van der Waals surface area contributed by atoms with Crippen molar-refractivity contribution >= 4 is 17.3 Å². The minimum absolute atomic E-state index is 0.146. The van der Waals surface area contributed by atoms with Crippen molar-refractivity contribution < 1.29 is 24.0 Å². The molecule has 2 aromatic rings. The van der Waals surface area contributed by atoms with E-state index in [1.54, 1.807) is 12.1 Å². The number of amides is 1. The first kappa shape index (κ1) is 18.1. The molecule has 1 atom stereocenters. The summed E-state index contributed by atoms with van der Waals surface area (Å²) < 4.78 is 5.35. The van der Waals surface area contributed by atoms with Crippen molar-refractivity contribution in [1.29, 1.82) is 0 Å². The molecule has 1 aromatic carbocycles. The topological polar surface area (TPSA) is 133 Å². The van der Waals surface area contributed by atoms with Gasteiger partial charge in [0, 0.05) is 12.1 Å². The Labute approximate surface area is 142 Å². The lowest BCUT2D eigenvalue weighted by molar-refractivity contribution is -0.891. The number of nitro benzene ring substituents is 2. The number of furan rings is 1. The van der Waals surface area contributed by atoms with E-state index in [-0.39, 0.29) is 18.2 Å². The van der Waals surface area contributed by atoms with Crippen LogP contribution < -0.4 is 10.2 Å². The number of nitro groups is 2. The average Bonchev–Trinajstić information content (AvgIpc) is 3.08. The number of carbonyl (C=O) groups excluding carboxylic acids is 1. The van der Waals surface area contributed by atoms with Gasteiger partial charge in [0.1, 0.15) is 0 Å². The molecule has 1 aromatic heterocycles. The van der Waals surface area contributed by atoms with Crippen LogP contribution in [0.15, 0.2) is 41.0 Å². The molecule has 0 unspecified atom stereocenters. The summed E-state index contributed by atoms with van der Waals surface area (Å²) >= 11 is 0. The van der Waals surface area contributed by atoms with Gasteiger partial charge in [0.05, 0.1) is 48.4 Å². The molecule has 0 aliphatic carbocycles. The second-order valence-corrected chi connectivity index (χ2v) is 5.61. The van der Waals surface area contributed by atoms with E-state index in [4.69, 9.17) is 4.42 Å². The lowest BCUT2D eigenvalue weighted by atomic mass is 10.1. The van der Waals surface area contributed by atoms with E-state index in [1.165, 1.54) is 6.26 Å². The number of likely N-dealkylation sites (N-methyl/N-ethyl adjacent to an activating group) is 1. The third kappa shape index (κ3) is 4.38. The monoisotopic (exact) mass is 349 g/mol. The second kappa shape index (κ2) is 7.53. The molecule has 0 radical (unpaired) electrons. The summed E-state index contributed by atoms with van der Waals surface area (Å²) in [5, 5.41) is 24.4. The summed E-state index contributed by atoms with van der Waals surface area (Å²) in [6.45, 7) is 0.200. The Morgan fingerprint density at radius 1 is 1.20 bits per heavy atom. The summed E-state index contributed by atoms with van der Waals surface area (Å²) in [7, 11) is 3.77. The molecule has 2 N–H and O–H groups in total. The number of carbonyl (C=O) groups is 1. The van der Waals surface area contributed by atoms with E-state index in [9.17, 15) is 25.0 Å². The zero-order valence-corrected chi connectivity index (χ0v) is 13.6. The maximum Gasteiger partial charge on any atom is 0.277 e. The second-order valence-electron chi connectivity index (χ2n) is 5.61. The first-order valence-electron chi connectivity index (χ1n) is 7.35. The van der Waals surface area contributed by atoms with Crippen LogP contribution in [0.4, 0.5) is 11.4 Å². The minimum atomic E-state index is -0.778. The Kier molecular flexibility index (Phi) is 5.45. The Balaban J connectivity index is 2.20. The van der Waals surface area contributed by atoms with E-state index in [0.717, 1.165) is 23.1 Å². The van der Waals surface area contributed by atoms with Crippen molar-refractivity contribution in [1.82, 2.24) is 5.32 Å². The molecular formula is C15H17N4O6+. The van der Waals surface area contributed by atoms with Gasteiger partial charge in [0.2, 0.25) is 0 Å². The number of benzene rings is 1. The molecule has 1 heterocycles. The van der Waals surface area contributed by atoms with Crippen molar-refractivity contribution in [3.63, 3.8) is 0 Å². The third-order valence-electron chi connectivity index (χ3n) is 3.64. The molecule has 132 valence electrons. The van der Waals surface area contributed by atoms with Crippen molar-refractivity contribution in [3.8, 4) is 0 Å². The van der Waals surface area contributed by atoms with Gasteiger partial charge in [-0.25, -0.2) is 0 Å². The van der Waals surface area contributed by atoms with E-state index in [1.807, 2.05) is 14.1 Å². The lowest BCUT2D eigenvalue weighted by Gasteiger charge is -2.19. The van der Waals surface area contributed by atoms with E-state index < -0.39 is 27.1 Å². The molecule has 0 saturated heterocycles. The van der Waals surface area contributed by atoms with Gasteiger partial charge in [0.25, 0.3) is 17.3 Å². The Morgan fingerprint density at radius 3 is 2.24 bits per heavy atom. The highest BCUT2D eigenvalue weighted by Crippen LogP contribution is 2.22. The molecule has 0 fully saturated rings. The fraction of sp³-hybridized carbons (Fsp3) is 0.267. The third-order valence-corrected chi connectivity index (χ3v) is 3.64. The fourth-order valence-corrected chi connectivity index (χ4v) is 2.31. The highest BCUT2D eigenvalue weighted by Gasteiger charge is 2.24. The van der Waals surface area contributed by atoms with E-state index in [2.05, 4.69) is 5.32 Å². The molecule has 1 amide bonds. The van der Waals surface area contributed by atoms with Gasteiger partial charge in [-0.1, -0.05) is 0 Å². The molecule has 0 aliphatic heterocycles. The number of nitrogens with one attached hydrogen (secondary N) is 2. The van der Waals surface area contributed by atoms with E-state index >= 15 is 0 Å². The van der Waals surface area contributed by atoms with Crippen LogP contribution in [-0.2, 0) is 0 Å². The van der Waals surface area contributed by atoms with Gasteiger partial charge in [-0.05, 0) is 12.1 Å².